The van der Waals surface area contributed by atoms with Crippen LogP contribution < -0.4 is 10.0 Å². The Balaban J connectivity index is 1.41. The van der Waals surface area contributed by atoms with Crippen LogP contribution >= 0.6 is 11.6 Å². The van der Waals surface area contributed by atoms with Crippen molar-refractivity contribution < 1.29 is 43.9 Å². The molecule has 0 saturated heterocycles. The smallest absolute Gasteiger partial charge is 0.346 e. The van der Waals surface area contributed by atoms with Crippen molar-refractivity contribution in [3.8, 4) is 22.5 Å². The minimum Gasteiger partial charge on any atom is -0.346 e. The highest BCUT2D eigenvalue weighted by Crippen LogP contribution is 2.55. The molecular weight excluding hydrogens is 819 g/mol. The van der Waals surface area contributed by atoms with Gasteiger partial charge in [0, 0.05) is 49.0 Å². The van der Waals surface area contributed by atoms with Crippen LogP contribution in [0.15, 0.2) is 55.0 Å². The molecule has 1 amide bonds. The predicted molar refractivity (Wildman–Crippen MR) is 199 cm³/mol. The molecule has 7 rings (SSSR count). The molecule has 1 aliphatic rings. The van der Waals surface area contributed by atoms with Gasteiger partial charge in [0.2, 0.25) is 15.9 Å². The minimum absolute atomic E-state index is 0.0220. The highest BCUT2D eigenvalue weighted by Gasteiger charge is 2.57. The molecule has 306 valence electrons. The number of nitrogens with one attached hydrogen (secondary N) is 2. The van der Waals surface area contributed by atoms with Crippen molar-refractivity contribution in [2.24, 2.45) is 20.0 Å². The third-order valence-electron chi connectivity index (χ3n) is 10.1. The summed E-state index contributed by atoms with van der Waals surface area (Å²) in [6.07, 6.45) is -1.41. The van der Waals surface area contributed by atoms with Crippen LogP contribution in [0.3, 0.4) is 0 Å². The molecule has 0 unspecified atom stereocenters. The maximum Gasteiger partial charge on any atom is 0.435 e. The number of carbonyl (C=O) groups is 1. The number of halogens is 8. The Bertz CT molecular complexity index is 2710. The van der Waals surface area contributed by atoms with Gasteiger partial charge in [0.15, 0.2) is 11.5 Å². The van der Waals surface area contributed by atoms with Crippen molar-refractivity contribution >= 4 is 44.3 Å². The van der Waals surface area contributed by atoms with E-state index >= 15 is 8.78 Å². The van der Waals surface area contributed by atoms with Gasteiger partial charge >= 0.3 is 6.18 Å². The summed E-state index contributed by atoms with van der Waals surface area (Å²) in [5.41, 5.74) is -1.66. The number of amides is 1. The van der Waals surface area contributed by atoms with Crippen LogP contribution in [0.1, 0.15) is 54.0 Å². The van der Waals surface area contributed by atoms with Gasteiger partial charge in [0.1, 0.15) is 29.6 Å². The van der Waals surface area contributed by atoms with Crippen LogP contribution in [0.4, 0.5) is 36.6 Å². The van der Waals surface area contributed by atoms with Gasteiger partial charge in [-0.1, -0.05) is 37.6 Å². The number of alkyl halides is 5. The Kier molecular flexibility index (Phi) is 10.1. The lowest BCUT2D eigenvalue weighted by Gasteiger charge is -2.24. The summed E-state index contributed by atoms with van der Waals surface area (Å²) in [6.45, 7) is 1.25. The van der Waals surface area contributed by atoms with Gasteiger partial charge in [0.05, 0.1) is 45.9 Å². The Morgan fingerprint density at radius 1 is 1.00 bits per heavy atom. The second-order valence-electron chi connectivity index (χ2n) is 14.3. The maximum absolute atomic E-state index is 15.6. The van der Waals surface area contributed by atoms with E-state index in [1.54, 1.807) is 36.0 Å². The molecule has 2 aromatic carbocycles. The first-order valence-electron chi connectivity index (χ1n) is 17.5. The molecule has 0 aliphatic heterocycles. The Labute approximate surface area is 331 Å². The number of sulfonamides is 1. The third-order valence-corrected chi connectivity index (χ3v) is 11.0. The molecule has 12 nitrogen and oxygen atoms in total. The number of hydrogen-bond donors (Lipinski definition) is 2. The molecule has 0 fully saturated rings. The van der Waals surface area contributed by atoms with Gasteiger partial charge in [-0.25, -0.2) is 27.2 Å². The van der Waals surface area contributed by atoms with Gasteiger partial charge in [-0.15, -0.1) is 0 Å². The summed E-state index contributed by atoms with van der Waals surface area (Å²) in [7, 11) is -0.607. The van der Waals surface area contributed by atoms with Gasteiger partial charge in [-0.05, 0) is 42.2 Å². The zero-order valence-corrected chi connectivity index (χ0v) is 32.7. The zero-order chi connectivity index (χ0) is 42.2. The van der Waals surface area contributed by atoms with E-state index in [9.17, 15) is 35.2 Å². The monoisotopic (exact) mass is 851 g/mol. The number of benzene rings is 2. The number of anilines is 1. The van der Waals surface area contributed by atoms with Gasteiger partial charge < -0.3 is 9.88 Å². The van der Waals surface area contributed by atoms with E-state index in [0.29, 0.717) is 27.5 Å². The second-order valence-corrected chi connectivity index (χ2v) is 16.4. The predicted octanol–water partition coefficient (Wildman–Crippen LogP) is 7.50. The fourth-order valence-corrected chi connectivity index (χ4v) is 8.15. The van der Waals surface area contributed by atoms with Crippen LogP contribution in [-0.4, -0.2) is 54.7 Å². The Morgan fingerprint density at radius 3 is 2.29 bits per heavy atom. The number of imidazole rings is 1. The third kappa shape index (κ3) is 7.49. The fourth-order valence-electron chi connectivity index (χ4n) is 7.42. The van der Waals surface area contributed by atoms with Crippen molar-refractivity contribution in [1.82, 2.24) is 39.4 Å². The van der Waals surface area contributed by atoms with Crippen LogP contribution in [0.5, 0.6) is 0 Å². The first-order chi connectivity index (χ1) is 27.0. The molecule has 0 bridgehead atoms. The van der Waals surface area contributed by atoms with E-state index in [0.717, 1.165) is 25.3 Å². The van der Waals surface area contributed by atoms with E-state index in [4.69, 9.17) is 16.6 Å². The normalized spacial score (nSPS) is 17.1. The molecule has 21 heteroatoms. The largest absolute Gasteiger partial charge is 0.435 e. The quantitative estimate of drug-likeness (QED) is 0.136. The van der Waals surface area contributed by atoms with Crippen molar-refractivity contribution in [2.75, 3.05) is 11.0 Å². The fraction of sp³-hybridized carbons (Fsp3) is 0.324. The number of nitrogens with zero attached hydrogens (tertiary/aromatic N) is 7. The summed E-state index contributed by atoms with van der Waals surface area (Å²) >= 11 is 6.59. The standard InChI is InChI=1S/C37H33ClF7N9O3S/c1-17-18(2)36(41,42)34-29(17)33(37(43,44)45)49-54(34)15-28(55)47-26(12-19-10-20(39)13-21(40)11-19)31-22(7-9-25(48-31)27-14-52(3)16-46-27)23-6-8-24(38)30-32(23)53(4)50-35(30)51-58(5,56)57/h6-11,13-14,16-18,26H,12,15H2,1-5H3,(H,47,55)(H,50,51)/t17-,18+,26-/m0/s1. The first-order valence-corrected chi connectivity index (χ1v) is 19.7. The average Bonchev–Trinajstić information content (AvgIpc) is 3.84. The highest BCUT2D eigenvalue weighted by atomic mass is 35.5. The lowest BCUT2D eigenvalue weighted by Crippen LogP contribution is -2.35. The summed E-state index contributed by atoms with van der Waals surface area (Å²) < 4.78 is 133. The van der Waals surface area contributed by atoms with E-state index in [-0.39, 0.29) is 45.2 Å². The highest BCUT2D eigenvalue weighted by molar-refractivity contribution is 7.92. The number of pyridine rings is 1. The zero-order valence-electron chi connectivity index (χ0n) is 31.1. The first kappa shape index (κ1) is 40.7. The molecule has 4 aromatic heterocycles. The summed E-state index contributed by atoms with van der Waals surface area (Å²) in [4.78, 5) is 23.2. The number of rotatable bonds is 10. The molecule has 0 spiro atoms. The second kappa shape index (κ2) is 14.4. The van der Waals surface area contributed by atoms with E-state index in [1.165, 1.54) is 31.0 Å². The van der Waals surface area contributed by atoms with Crippen LogP contribution in [-0.2, 0) is 54.0 Å². The van der Waals surface area contributed by atoms with Crippen molar-refractivity contribution in [3.63, 3.8) is 0 Å². The van der Waals surface area contributed by atoms with E-state index in [2.05, 4.69) is 25.2 Å². The molecular formula is C37H33ClF7N9O3S. The summed E-state index contributed by atoms with van der Waals surface area (Å²) in [5.74, 6) is -9.64. The van der Waals surface area contributed by atoms with Crippen molar-refractivity contribution in [1.29, 1.82) is 0 Å². The SMILES string of the molecule is C[C@@H]1c2c(C(F)(F)F)nn(CC(=O)N[C@@H](Cc3cc(F)cc(F)c3)c3nc(-c4cn(C)cn4)ccc3-c3ccc(Cl)c4c(NS(C)(=O)=O)nn(C)c34)c2C(F)(F)[C@@H]1C. The van der Waals surface area contributed by atoms with Gasteiger partial charge in [0.25, 0.3) is 5.92 Å². The van der Waals surface area contributed by atoms with Gasteiger partial charge in [-0.2, -0.15) is 32.1 Å². The topological polar surface area (TPSA) is 142 Å². The van der Waals surface area contributed by atoms with E-state index < -0.39 is 81.0 Å². The van der Waals surface area contributed by atoms with Crippen LogP contribution in [0.25, 0.3) is 33.4 Å². The number of fused-ring (bicyclic) bond motifs is 2. The number of carbonyl (C=O) groups excluding carboxylic acids is 1. The molecule has 6 aromatic rings. The molecule has 0 saturated carbocycles. The maximum atomic E-state index is 15.6. The van der Waals surface area contributed by atoms with Crippen molar-refractivity contribution in [2.45, 2.75) is 50.9 Å². The molecule has 4 heterocycles. The summed E-state index contributed by atoms with van der Waals surface area (Å²) in [6, 6.07) is 7.55. The lowest BCUT2D eigenvalue weighted by molar-refractivity contribution is -0.143. The Hall–Kier alpha value is -5.50. The molecule has 1 aliphatic carbocycles. The van der Waals surface area contributed by atoms with E-state index in [1.807, 2.05) is 0 Å². The van der Waals surface area contributed by atoms with Crippen LogP contribution in [0, 0.1) is 17.6 Å². The Morgan fingerprint density at radius 2 is 1.67 bits per heavy atom. The number of aromatic nitrogens is 7. The lowest BCUT2D eigenvalue weighted by atomic mass is 9.93. The average molecular weight is 852 g/mol. The number of hydrogen-bond acceptors (Lipinski definition) is 7. The molecule has 3 atom stereocenters. The van der Waals surface area contributed by atoms with Crippen molar-refractivity contribution in [3.05, 3.63) is 99.9 Å². The molecule has 0 radical (unpaired) electrons. The van der Waals surface area contributed by atoms with Gasteiger partial charge in [-0.3, -0.25) is 18.9 Å². The number of aryl methyl sites for hydroxylation is 2. The molecule has 2 N–H and O–H groups in total. The minimum atomic E-state index is -5.11. The molecule has 58 heavy (non-hydrogen) atoms. The summed E-state index contributed by atoms with van der Waals surface area (Å²) in [5, 5.41) is 10.8. The van der Waals surface area contributed by atoms with Crippen LogP contribution in [0.2, 0.25) is 5.02 Å².